The van der Waals surface area contributed by atoms with Gasteiger partial charge in [0.2, 0.25) is 0 Å². The summed E-state index contributed by atoms with van der Waals surface area (Å²) < 4.78 is 5.72. The van der Waals surface area contributed by atoms with Crippen molar-refractivity contribution < 1.29 is 14.8 Å². The van der Waals surface area contributed by atoms with E-state index >= 15 is 0 Å². The van der Waals surface area contributed by atoms with E-state index in [1.54, 1.807) is 12.3 Å². The molecule has 2 aromatic rings. The van der Waals surface area contributed by atoms with Crippen LogP contribution in [0, 0.1) is 11.3 Å². The molecule has 1 heterocycles. The number of nitrogens with zero attached hydrogens (tertiary/aromatic N) is 2. The maximum Gasteiger partial charge on any atom is 0.488 e. The number of benzene rings is 1. The molecule has 2 rings (SSSR count). The van der Waals surface area contributed by atoms with Crippen LogP contribution < -0.4 is 15.8 Å². The number of H-pyrrole nitrogens is 1. The second kappa shape index (κ2) is 7.53. The molecule has 0 radical (unpaired) electrons. The fourth-order valence-corrected chi connectivity index (χ4v) is 2.48. The van der Waals surface area contributed by atoms with Gasteiger partial charge in [0, 0.05) is 5.56 Å². The number of hydrogen-bond donors (Lipinski definition) is 3. The monoisotopic (exact) mass is 345 g/mol. The first-order valence-corrected chi connectivity index (χ1v) is 8.35. The predicted molar refractivity (Wildman–Crippen MR) is 92.4 cm³/mol. The lowest BCUT2D eigenvalue weighted by Gasteiger charge is -2.16. The fraction of sp³-hybridized carbons (Fsp3) is 0.267. The summed E-state index contributed by atoms with van der Waals surface area (Å²) >= 11 is 1.23. The molecule has 0 amide bonds. The van der Waals surface area contributed by atoms with Crippen molar-refractivity contribution in [2.24, 2.45) is 0 Å². The predicted octanol–water partition coefficient (Wildman–Crippen LogP) is 0.497. The second-order valence-electron chi connectivity index (χ2n) is 5.21. The lowest BCUT2D eigenvalue weighted by molar-refractivity contribution is 0.243. The van der Waals surface area contributed by atoms with Crippen LogP contribution in [-0.4, -0.2) is 39.5 Å². The minimum atomic E-state index is -1.69. The van der Waals surface area contributed by atoms with Gasteiger partial charge in [0.25, 0.3) is 5.56 Å². The Kier molecular flexibility index (Phi) is 5.67. The maximum absolute atomic E-state index is 12.1. The summed E-state index contributed by atoms with van der Waals surface area (Å²) in [6.07, 6.45) is 1.59. The molecule has 0 aliphatic carbocycles. The average molecular weight is 345 g/mol. The zero-order valence-corrected chi connectivity index (χ0v) is 14.2. The third-order valence-electron chi connectivity index (χ3n) is 3.12. The van der Waals surface area contributed by atoms with Gasteiger partial charge in [0.1, 0.15) is 23.1 Å². The summed E-state index contributed by atoms with van der Waals surface area (Å²) in [5, 5.41) is 28.5. The van der Waals surface area contributed by atoms with Crippen molar-refractivity contribution in [2.45, 2.75) is 25.1 Å². The SMILES string of the molecule is CSc1nc(-c2cc(B(O)O)ccc2OC(C)C)c(C#N)c(=O)[nH]1. The first kappa shape index (κ1) is 18.1. The molecule has 0 aliphatic heterocycles. The molecule has 0 spiro atoms. The third kappa shape index (κ3) is 3.79. The zero-order chi connectivity index (χ0) is 17.9. The molecule has 0 fully saturated rings. The van der Waals surface area contributed by atoms with E-state index in [9.17, 15) is 20.1 Å². The minimum absolute atomic E-state index is 0.142. The average Bonchev–Trinajstić information content (AvgIpc) is 2.53. The molecule has 0 saturated heterocycles. The van der Waals surface area contributed by atoms with Gasteiger partial charge in [-0.15, -0.1) is 0 Å². The highest BCUT2D eigenvalue weighted by molar-refractivity contribution is 7.98. The van der Waals surface area contributed by atoms with Crippen molar-refractivity contribution in [1.29, 1.82) is 5.26 Å². The van der Waals surface area contributed by atoms with Crippen LogP contribution in [0.3, 0.4) is 0 Å². The summed E-state index contributed by atoms with van der Waals surface area (Å²) in [6.45, 7) is 3.67. The zero-order valence-electron chi connectivity index (χ0n) is 13.4. The normalized spacial score (nSPS) is 10.5. The lowest BCUT2D eigenvalue weighted by Crippen LogP contribution is -2.30. The molecular weight excluding hydrogens is 329 g/mol. The number of rotatable bonds is 5. The Morgan fingerprint density at radius 1 is 1.42 bits per heavy atom. The molecule has 0 unspecified atom stereocenters. The number of ether oxygens (including phenoxy) is 1. The quantitative estimate of drug-likeness (QED) is 0.410. The molecular formula is C15H16BN3O4S. The highest BCUT2D eigenvalue weighted by Crippen LogP contribution is 2.30. The molecule has 7 nitrogen and oxygen atoms in total. The van der Waals surface area contributed by atoms with E-state index in [0.29, 0.717) is 16.5 Å². The minimum Gasteiger partial charge on any atom is -0.490 e. The summed E-state index contributed by atoms with van der Waals surface area (Å²) in [7, 11) is -1.69. The smallest absolute Gasteiger partial charge is 0.488 e. The Balaban J connectivity index is 2.78. The first-order valence-electron chi connectivity index (χ1n) is 7.12. The number of thioether (sulfide) groups is 1. The molecule has 0 atom stereocenters. The van der Waals surface area contributed by atoms with Crippen molar-refractivity contribution in [3.05, 3.63) is 34.1 Å². The van der Waals surface area contributed by atoms with Gasteiger partial charge in [0.15, 0.2) is 5.16 Å². The van der Waals surface area contributed by atoms with Crippen molar-refractivity contribution >= 4 is 24.3 Å². The van der Waals surface area contributed by atoms with Gasteiger partial charge in [0.05, 0.1) is 6.10 Å². The summed E-state index contributed by atoms with van der Waals surface area (Å²) in [5.41, 5.74) is -0.0166. The molecule has 124 valence electrons. The van der Waals surface area contributed by atoms with Gasteiger partial charge < -0.3 is 19.8 Å². The van der Waals surface area contributed by atoms with Crippen molar-refractivity contribution in [2.75, 3.05) is 6.26 Å². The topological polar surface area (TPSA) is 119 Å². The lowest BCUT2D eigenvalue weighted by atomic mass is 9.79. The number of nitrogens with one attached hydrogen (secondary N) is 1. The second-order valence-corrected chi connectivity index (χ2v) is 6.00. The Bertz CT molecular complexity index is 846. The Hall–Kier alpha value is -2.28. The van der Waals surface area contributed by atoms with Crippen molar-refractivity contribution in [1.82, 2.24) is 9.97 Å². The van der Waals surface area contributed by atoms with Crippen molar-refractivity contribution in [3.8, 4) is 23.1 Å². The third-order valence-corrected chi connectivity index (χ3v) is 3.70. The standard InChI is InChI=1S/C15H16BN3O4S/c1-8(2)23-12-5-4-9(16(21)22)6-10(12)13-11(7-17)14(20)19-15(18-13)24-3/h4-6,8,21-22H,1-3H3,(H,18,19,20). The molecule has 9 heteroatoms. The van der Waals surface area contributed by atoms with E-state index in [-0.39, 0.29) is 22.8 Å². The number of nitriles is 1. The fourth-order valence-electron chi connectivity index (χ4n) is 2.10. The van der Waals surface area contributed by atoms with Crippen LogP contribution in [0.15, 0.2) is 28.2 Å². The molecule has 24 heavy (non-hydrogen) atoms. The number of aromatic amines is 1. The Labute approximate surface area is 143 Å². The maximum atomic E-state index is 12.1. The molecule has 0 aliphatic rings. The van der Waals surface area contributed by atoms with Crippen LogP contribution in [0.5, 0.6) is 5.75 Å². The highest BCUT2D eigenvalue weighted by atomic mass is 32.2. The van der Waals surface area contributed by atoms with Crippen LogP contribution in [-0.2, 0) is 0 Å². The van der Waals surface area contributed by atoms with Gasteiger partial charge in [-0.3, -0.25) is 4.79 Å². The van der Waals surface area contributed by atoms with Gasteiger partial charge >= 0.3 is 7.12 Å². The van der Waals surface area contributed by atoms with Gasteiger partial charge in [-0.05, 0) is 37.7 Å². The molecule has 0 saturated carbocycles. The highest BCUT2D eigenvalue weighted by Gasteiger charge is 2.21. The van der Waals surface area contributed by atoms with E-state index in [4.69, 9.17) is 4.74 Å². The largest absolute Gasteiger partial charge is 0.490 e. The van der Waals surface area contributed by atoms with Crippen LogP contribution in [0.2, 0.25) is 0 Å². The summed E-state index contributed by atoms with van der Waals surface area (Å²) in [5.74, 6) is 0.399. The van der Waals surface area contributed by atoms with E-state index in [1.807, 2.05) is 19.9 Å². The van der Waals surface area contributed by atoms with Gasteiger partial charge in [-0.25, -0.2) is 4.98 Å². The summed E-state index contributed by atoms with van der Waals surface area (Å²) in [4.78, 5) is 18.9. The van der Waals surface area contributed by atoms with E-state index in [0.717, 1.165) is 0 Å². The first-order chi connectivity index (χ1) is 11.4. The van der Waals surface area contributed by atoms with E-state index in [2.05, 4.69) is 9.97 Å². The Morgan fingerprint density at radius 2 is 2.12 bits per heavy atom. The van der Waals surface area contributed by atoms with E-state index in [1.165, 1.54) is 23.9 Å². The molecule has 3 N–H and O–H groups in total. The van der Waals surface area contributed by atoms with Gasteiger partial charge in [-0.2, -0.15) is 5.26 Å². The summed E-state index contributed by atoms with van der Waals surface area (Å²) in [6, 6.07) is 6.36. The number of aromatic nitrogens is 2. The number of hydrogen-bond acceptors (Lipinski definition) is 7. The van der Waals surface area contributed by atoms with Gasteiger partial charge in [-0.1, -0.05) is 17.8 Å². The van der Waals surface area contributed by atoms with Crippen molar-refractivity contribution in [3.63, 3.8) is 0 Å². The molecule has 1 aromatic heterocycles. The van der Waals surface area contributed by atoms with Crippen LogP contribution in [0.25, 0.3) is 11.3 Å². The van der Waals surface area contributed by atoms with Crippen LogP contribution in [0.1, 0.15) is 19.4 Å². The van der Waals surface area contributed by atoms with Crippen LogP contribution >= 0.6 is 11.8 Å². The molecule has 0 bridgehead atoms. The van der Waals surface area contributed by atoms with E-state index < -0.39 is 12.7 Å². The molecule has 1 aromatic carbocycles. The van der Waals surface area contributed by atoms with Crippen LogP contribution in [0.4, 0.5) is 0 Å². The Morgan fingerprint density at radius 3 is 2.67 bits per heavy atom.